The van der Waals surface area contributed by atoms with Gasteiger partial charge in [0.25, 0.3) is 5.91 Å². The van der Waals surface area contributed by atoms with Crippen molar-refractivity contribution < 1.29 is 13.7 Å². The van der Waals surface area contributed by atoms with Gasteiger partial charge in [-0.3, -0.25) is 4.79 Å². The van der Waals surface area contributed by atoms with E-state index in [1.54, 1.807) is 6.07 Å². The Kier molecular flexibility index (Phi) is 5.75. The molecule has 9 nitrogen and oxygen atoms in total. The minimum Gasteiger partial charge on any atom is -0.495 e. The second-order valence-corrected chi connectivity index (χ2v) is 7.64. The molecule has 2 aromatic rings. The quantitative estimate of drug-likeness (QED) is 0.805. The van der Waals surface area contributed by atoms with Gasteiger partial charge in [-0.15, -0.1) is 10.2 Å². The smallest absolute Gasteiger partial charge is 0.273 e. The summed E-state index contributed by atoms with van der Waals surface area (Å²) in [6.07, 6.45) is 2.93. The van der Waals surface area contributed by atoms with Crippen LogP contribution in [0.1, 0.15) is 10.5 Å². The molecular formula is C14H17ClN6O3S. The van der Waals surface area contributed by atoms with E-state index in [4.69, 9.17) is 16.3 Å². The van der Waals surface area contributed by atoms with Crippen molar-refractivity contribution in [3.63, 3.8) is 0 Å². The zero-order valence-corrected chi connectivity index (χ0v) is 15.6. The predicted octanol–water partition coefficient (Wildman–Crippen LogP) is 1.72. The minimum atomic E-state index is -2.73. The van der Waals surface area contributed by atoms with Gasteiger partial charge in [0.2, 0.25) is 0 Å². The number of nitrogens with one attached hydrogen (secondary N) is 2. The number of nitrogens with zero attached hydrogens (tertiary/aromatic N) is 4. The standard InChI is InChI=1S/C14H17ClN6O3S/c1-16-14(22)12-9(6-11(15)20-21-12)19-13-10(25(4,23)17-2)5-8(24-3)7-18-13/h5-7H,1-4H3,(H,16,22)(H,18,19,20). The van der Waals surface area contributed by atoms with Gasteiger partial charge in [0.15, 0.2) is 10.8 Å². The van der Waals surface area contributed by atoms with Crippen molar-refractivity contribution in [2.45, 2.75) is 4.90 Å². The molecule has 2 N–H and O–H groups in total. The number of rotatable bonds is 5. The first kappa shape index (κ1) is 18.9. The number of pyridine rings is 1. The van der Waals surface area contributed by atoms with Crippen LogP contribution in [0.3, 0.4) is 0 Å². The lowest BCUT2D eigenvalue weighted by Crippen LogP contribution is -2.21. The van der Waals surface area contributed by atoms with Crippen molar-refractivity contribution in [2.75, 3.05) is 32.8 Å². The summed E-state index contributed by atoms with van der Waals surface area (Å²) in [6, 6.07) is 3.00. The molecule has 2 heterocycles. The molecule has 0 aliphatic carbocycles. The number of carbonyl (C=O) groups excluding carboxylic acids is 1. The Hall–Kier alpha value is -2.46. The Morgan fingerprint density at radius 2 is 2.08 bits per heavy atom. The number of carbonyl (C=O) groups is 1. The third-order valence-corrected chi connectivity index (χ3v) is 5.29. The van der Waals surface area contributed by atoms with Crippen LogP contribution < -0.4 is 15.4 Å². The second kappa shape index (κ2) is 7.62. The third kappa shape index (κ3) is 4.15. The molecule has 0 radical (unpaired) electrons. The molecule has 0 aliphatic heterocycles. The van der Waals surface area contributed by atoms with Crippen LogP contribution in [-0.2, 0) is 9.73 Å². The molecule has 1 amide bonds. The molecule has 0 saturated carbocycles. The van der Waals surface area contributed by atoms with Gasteiger partial charge >= 0.3 is 0 Å². The highest BCUT2D eigenvalue weighted by Gasteiger charge is 2.19. The zero-order chi connectivity index (χ0) is 18.6. The largest absolute Gasteiger partial charge is 0.495 e. The molecule has 1 unspecified atom stereocenters. The van der Waals surface area contributed by atoms with Gasteiger partial charge in [0, 0.05) is 32.5 Å². The molecular weight excluding hydrogens is 368 g/mol. The Balaban J connectivity index is 2.60. The summed E-state index contributed by atoms with van der Waals surface area (Å²) >= 11 is 5.87. The van der Waals surface area contributed by atoms with Gasteiger partial charge in [-0.1, -0.05) is 11.6 Å². The molecule has 0 spiro atoms. The summed E-state index contributed by atoms with van der Waals surface area (Å²) in [5, 5.41) is 12.9. The summed E-state index contributed by atoms with van der Waals surface area (Å²) in [5.41, 5.74) is 0.288. The van der Waals surface area contributed by atoms with Crippen LogP contribution in [-0.4, -0.2) is 52.8 Å². The topological polar surface area (TPSA) is 118 Å². The summed E-state index contributed by atoms with van der Waals surface area (Å²) in [6.45, 7) is 0. The molecule has 25 heavy (non-hydrogen) atoms. The highest BCUT2D eigenvalue weighted by atomic mass is 35.5. The predicted molar refractivity (Wildman–Crippen MR) is 95.2 cm³/mol. The fourth-order valence-electron chi connectivity index (χ4n) is 1.90. The van der Waals surface area contributed by atoms with Gasteiger partial charge in [-0.05, 0) is 0 Å². The lowest BCUT2D eigenvalue weighted by Gasteiger charge is -2.14. The van der Waals surface area contributed by atoms with Crippen molar-refractivity contribution in [3.8, 4) is 5.75 Å². The average molecular weight is 385 g/mol. The lowest BCUT2D eigenvalue weighted by atomic mass is 10.3. The molecule has 11 heteroatoms. The van der Waals surface area contributed by atoms with Crippen molar-refractivity contribution in [1.29, 1.82) is 0 Å². The van der Waals surface area contributed by atoms with E-state index in [9.17, 15) is 9.00 Å². The van der Waals surface area contributed by atoms with E-state index in [1.807, 2.05) is 0 Å². The van der Waals surface area contributed by atoms with E-state index in [0.717, 1.165) is 0 Å². The molecule has 0 saturated heterocycles. The number of hydrogen-bond acceptors (Lipinski definition) is 8. The van der Waals surface area contributed by atoms with E-state index in [2.05, 4.69) is 30.2 Å². The number of hydrogen-bond donors (Lipinski definition) is 2. The Labute approximate surface area is 150 Å². The monoisotopic (exact) mass is 384 g/mol. The van der Waals surface area contributed by atoms with E-state index in [-0.39, 0.29) is 22.4 Å². The van der Waals surface area contributed by atoms with Gasteiger partial charge < -0.3 is 15.4 Å². The van der Waals surface area contributed by atoms with Crippen LogP contribution in [0, 0.1) is 0 Å². The SMILES string of the molecule is CN=S(C)(=O)c1cc(OC)cnc1Nc1cc(Cl)nnc1C(=O)NC. The number of methoxy groups -OCH3 is 1. The molecule has 0 fully saturated rings. The molecule has 134 valence electrons. The minimum absolute atomic E-state index is 0.0199. The zero-order valence-electron chi connectivity index (χ0n) is 14.0. The Morgan fingerprint density at radius 1 is 1.36 bits per heavy atom. The van der Waals surface area contributed by atoms with E-state index in [1.165, 1.54) is 39.7 Å². The molecule has 2 rings (SSSR count). The van der Waals surface area contributed by atoms with Gasteiger partial charge in [0.05, 0.1) is 33.6 Å². The first-order valence-electron chi connectivity index (χ1n) is 6.99. The Bertz CT molecular complexity index is 927. The van der Waals surface area contributed by atoms with Crippen LogP contribution in [0.4, 0.5) is 11.5 Å². The summed E-state index contributed by atoms with van der Waals surface area (Å²) < 4.78 is 21.8. The number of anilines is 2. The molecule has 0 aliphatic rings. The van der Waals surface area contributed by atoms with Crippen LogP contribution in [0.15, 0.2) is 27.6 Å². The van der Waals surface area contributed by atoms with E-state index in [0.29, 0.717) is 10.6 Å². The van der Waals surface area contributed by atoms with Crippen LogP contribution in [0.5, 0.6) is 5.75 Å². The highest BCUT2D eigenvalue weighted by Crippen LogP contribution is 2.29. The van der Waals surface area contributed by atoms with Crippen LogP contribution in [0.25, 0.3) is 0 Å². The second-order valence-electron chi connectivity index (χ2n) is 4.84. The van der Waals surface area contributed by atoms with Gasteiger partial charge in [-0.25, -0.2) is 13.6 Å². The van der Waals surface area contributed by atoms with E-state index >= 15 is 0 Å². The van der Waals surface area contributed by atoms with Gasteiger partial charge in [0.1, 0.15) is 11.6 Å². The summed E-state index contributed by atoms with van der Waals surface area (Å²) in [5.74, 6) is 0.212. The number of halogens is 1. The van der Waals surface area contributed by atoms with Crippen molar-refractivity contribution in [1.82, 2.24) is 20.5 Å². The lowest BCUT2D eigenvalue weighted by molar-refractivity contribution is 0.0958. The maximum Gasteiger partial charge on any atom is 0.273 e. The van der Waals surface area contributed by atoms with E-state index < -0.39 is 15.6 Å². The van der Waals surface area contributed by atoms with Crippen LogP contribution >= 0.6 is 11.6 Å². The first-order valence-corrected chi connectivity index (χ1v) is 9.29. The third-order valence-electron chi connectivity index (χ3n) is 3.28. The van der Waals surface area contributed by atoms with Crippen molar-refractivity contribution in [3.05, 3.63) is 29.2 Å². The fourth-order valence-corrected chi connectivity index (χ4v) is 3.04. The highest BCUT2D eigenvalue weighted by molar-refractivity contribution is 7.93. The molecule has 1 atom stereocenters. The normalized spacial score (nSPS) is 12.8. The van der Waals surface area contributed by atoms with Crippen LogP contribution in [0.2, 0.25) is 5.15 Å². The number of ether oxygens (including phenoxy) is 1. The first-order chi connectivity index (χ1) is 11.8. The summed E-state index contributed by atoms with van der Waals surface area (Å²) in [7, 11) is 1.66. The number of amides is 1. The Morgan fingerprint density at radius 3 is 2.68 bits per heavy atom. The maximum absolute atomic E-state index is 12.7. The molecule has 0 aromatic carbocycles. The number of aromatic nitrogens is 3. The van der Waals surface area contributed by atoms with Crippen molar-refractivity contribution in [2.24, 2.45) is 4.36 Å². The fraction of sp³-hybridized carbons (Fsp3) is 0.286. The summed E-state index contributed by atoms with van der Waals surface area (Å²) in [4.78, 5) is 16.5. The average Bonchev–Trinajstić information content (AvgIpc) is 2.61. The maximum atomic E-state index is 12.7. The van der Waals surface area contributed by atoms with Gasteiger partial charge in [-0.2, -0.15) is 0 Å². The molecule has 2 aromatic heterocycles. The van der Waals surface area contributed by atoms with Crippen molar-refractivity contribution >= 4 is 38.7 Å². The molecule has 0 bridgehead atoms.